The van der Waals surface area contributed by atoms with E-state index in [1.54, 1.807) is 0 Å². The number of rotatable bonds is 4. The van der Waals surface area contributed by atoms with Crippen molar-refractivity contribution < 1.29 is 0 Å². The molecule has 0 aliphatic rings. The molecule has 0 aliphatic carbocycles. The molecule has 106 valence electrons. The van der Waals surface area contributed by atoms with Crippen molar-refractivity contribution >= 4 is 49.2 Å². The van der Waals surface area contributed by atoms with Crippen LogP contribution in [0.25, 0.3) is 0 Å². The first-order valence-corrected chi connectivity index (χ1v) is 7.70. The predicted molar refractivity (Wildman–Crippen MR) is 89.1 cm³/mol. The van der Waals surface area contributed by atoms with Gasteiger partial charge in [-0.2, -0.15) is 0 Å². The number of halogens is 2. The average molecular weight is 401 g/mol. The molecule has 2 aromatic rings. The molecule has 2 rings (SSSR count). The van der Waals surface area contributed by atoms with Crippen LogP contribution in [0.1, 0.15) is 18.3 Å². The summed E-state index contributed by atoms with van der Waals surface area (Å²) < 4.78 is 1.90. The van der Waals surface area contributed by atoms with Gasteiger partial charge < -0.3 is 10.7 Å². The van der Waals surface area contributed by atoms with Crippen molar-refractivity contribution in [2.45, 2.75) is 20.3 Å². The van der Waals surface area contributed by atoms with Crippen LogP contribution in [0.15, 0.2) is 27.1 Å². The average Bonchev–Trinajstić information content (AvgIpc) is 2.44. The third-order valence-corrected chi connectivity index (χ3v) is 4.17. The number of hydrazine groups is 1. The molecule has 0 atom stereocenters. The van der Waals surface area contributed by atoms with Crippen LogP contribution < -0.4 is 16.6 Å². The highest BCUT2D eigenvalue weighted by Crippen LogP contribution is 2.34. The van der Waals surface area contributed by atoms with Crippen LogP contribution in [0.5, 0.6) is 0 Å². The first-order valence-electron chi connectivity index (χ1n) is 6.12. The summed E-state index contributed by atoms with van der Waals surface area (Å²) in [5.41, 5.74) is 4.39. The number of hydrogen-bond acceptors (Lipinski definition) is 5. The number of hydrogen-bond donors (Lipinski definition) is 3. The third kappa shape index (κ3) is 3.11. The van der Waals surface area contributed by atoms with E-state index in [1.807, 2.05) is 32.0 Å². The highest BCUT2D eigenvalue weighted by Gasteiger charge is 2.12. The van der Waals surface area contributed by atoms with Crippen LogP contribution in [-0.4, -0.2) is 9.97 Å². The minimum absolute atomic E-state index is 0.627. The highest BCUT2D eigenvalue weighted by atomic mass is 79.9. The highest BCUT2D eigenvalue weighted by molar-refractivity contribution is 9.11. The van der Waals surface area contributed by atoms with Crippen molar-refractivity contribution in [3.8, 4) is 0 Å². The van der Waals surface area contributed by atoms with Crippen molar-refractivity contribution in [3.63, 3.8) is 0 Å². The molecule has 0 saturated carbocycles. The van der Waals surface area contributed by atoms with Crippen LogP contribution >= 0.6 is 31.9 Å². The standard InChI is InChI=1S/C13H15Br2N5/c1-3-10-17-12(7(2)13(18-10)20-16)19-11-8(14)5-4-6-9(11)15/h4-6H,3,16H2,1-2H3,(H2,17,18,19,20). The van der Waals surface area contributed by atoms with Crippen molar-refractivity contribution in [3.05, 3.63) is 38.5 Å². The molecule has 0 bridgehead atoms. The van der Waals surface area contributed by atoms with Crippen molar-refractivity contribution in [2.75, 3.05) is 10.7 Å². The second kappa shape index (κ2) is 6.51. The fourth-order valence-electron chi connectivity index (χ4n) is 1.72. The quantitative estimate of drug-likeness (QED) is 0.535. The van der Waals surface area contributed by atoms with Gasteiger partial charge in [-0.3, -0.25) is 0 Å². The van der Waals surface area contributed by atoms with Gasteiger partial charge in [-0.25, -0.2) is 15.8 Å². The van der Waals surface area contributed by atoms with E-state index in [9.17, 15) is 0 Å². The molecule has 1 aromatic carbocycles. The molecule has 4 N–H and O–H groups in total. The Morgan fingerprint density at radius 2 is 1.75 bits per heavy atom. The Hall–Kier alpha value is -1.18. The number of para-hydroxylation sites is 1. The summed E-state index contributed by atoms with van der Waals surface area (Å²) >= 11 is 7.05. The summed E-state index contributed by atoms with van der Waals surface area (Å²) in [7, 11) is 0. The number of nitrogens with one attached hydrogen (secondary N) is 2. The zero-order chi connectivity index (χ0) is 14.7. The van der Waals surface area contributed by atoms with E-state index >= 15 is 0 Å². The van der Waals surface area contributed by atoms with Crippen molar-refractivity contribution in [2.24, 2.45) is 5.84 Å². The minimum Gasteiger partial charge on any atom is -0.338 e. The van der Waals surface area contributed by atoms with Gasteiger partial charge in [-0.05, 0) is 50.9 Å². The lowest BCUT2D eigenvalue weighted by Gasteiger charge is -2.15. The van der Waals surface area contributed by atoms with Crippen molar-refractivity contribution in [1.82, 2.24) is 9.97 Å². The number of nitrogen functional groups attached to an aromatic ring is 1. The molecule has 0 saturated heterocycles. The Bertz CT molecular complexity index is 610. The predicted octanol–water partition coefficient (Wildman–Crippen LogP) is 3.90. The Morgan fingerprint density at radius 1 is 1.15 bits per heavy atom. The molecule has 7 heteroatoms. The Kier molecular flexibility index (Phi) is 4.95. The smallest absolute Gasteiger partial charge is 0.148 e. The summed E-state index contributed by atoms with van der Waals surface area (Å²) in [5.74, 6) is 7.60. The van der Waals surface area contributed by atoms with Crippen LogP contribution in [0.4, 0.5) is 17.3 Å². The third-order valence-electron chi connectivity index (χ3n) is 2.85. The zero-order valence-corrected chi connectivity index (χ0v) is 14.3. The molecule has 1 heterocycles. The fourth-order valence-corrected chi connectivity index (χ4v) is 2.92. The van der Waals surface area contributed by atoms with Gasteiger partial charge in [0.15, 0.2) is 0 Å². The number of aromatic nitrogens is 2. The molecule has 20 heavy (non-hydrogen) atoms. The van der Waals surface area contributed by atoms with E-state index in [-0.39, 0.29) is 0 Å². The first kappa shape index (κ1) is 15.2. The maximum Gasteiger partial charge on any atom is 0.148 e. The maximum atomic E-state index is 5.51. The van der Waals surface area contributed by atoms with E-state index in [1.165, 1.54) is 0 Å². The summed E-state index contributed by atoms with van der Waals surface area (Å²) in [4.78, 5) is 8.86. The van der Waals surface area contributed by atoms with Gasteiger partial charge in [0.25, 0.3) is 0 Å². The van der Waals surface area contributed by atoms with Crippen LogP contribution in [0.2, 0.25) is 0 Å². The second-order valence-electron chi connectivity index (χ2n) is 4.18. The number of aryl methyl sites for hydroxylation is 1. The molecule has 5 nitrogen and oxygen atoms in total. The van der Waals surface area contributed by atoms with Crippen molar-refractivity contribution in [1.29, 1.82) is 0 Å². The zero-order valence-electron chi connectivity index (χ0n) is 11.2. The normalized spacial score (nSPS) is 10.4. The van der Waals surface area contributed by atoms with Gasteiger partial charge in [-0.1, -0.05) is 13.0 Å². The maximum absolute atomic E-state index is 5.51. The lowest BCUT2D eigenvalue weighted by Crippen LogP contribution is -2.14. The van der Waals surface area contributed by atoms with Gasteiger partial charge in [0, 0.05) is 20.9 Å². The van der Waals surface area contributed by atoms with Gasteiger partial charge >= 0.3 is 0 Å². The minimum atomic E-state index is 0.627. The molecule has 0 radical (unpaired) electrons. The second-order valence-corrected chi connectivity index (χ2v) is 5.89. The number of benzene rings is 1. The van der Waals surface area contributed by atoms with E-state index in [2.05, 4.69) is 52.6 Å². The van der Waals surface area contributed by atoms with E-state index < -0.39 is 0 Å². The number of nitrogens with zero attached hydrogens (tertiary/aromatic N) is 2. The summed E-state index contributed by atoms with van der Waals surface area (Å²) in [6, 6.07) is 5.88. The van der Waals surface area contributed by atoms with Gasteiger partial charge in [0.2, 0.25) is 0 Å². The number of anilines is 3. The topological polar surface area (TPSA) is 75.9 Å². The molecule has 0 fully saturated rings. The van der Waals surface area contributed by atoms with Gasteiger partial charge in [0.1, 0.15) is 17.5 Å². The van der Waals surface area contributed by atoms with E-state index in [0.29, 0.717) is 5.82 Å². The summed E-state index contributed by atoms with van der Waals surface area (Å²) in [5, 5.41) is 3.32. The van der Waals surface area contributed by atoms with Gasteiger partial charge in [-0.15, -0.1) is 0 Å². The van der Waals surface area contributed by atoms with Crippen LogP contribution in [0.3, 0.4) is 0 Å². The monoisotopic (exact) mass is 399 g/mol. The van der Waals surface area contributed by atoms with Crippen LogP contribution in [-0.2, 0) is 6.42 Å². The SMILES string of the molecule is CCc1nc(NN)c(C)c(Nc2c(Br)cccc2Br)n1. The molecular weight excluding hydrogens is 386 g/mol. The molecule has 1 aromatic heterocycles. The molecular formula is C13H15Br2N5. The van der Waals surface area contributed by atoms with E-state index in [4.69, 9.17) is 5.84 Å². The number of nitrogens with two attached hydrogens (primary N) is 1. The Morgan fingerprint density at radius 3 is 2.30 bits per heavy atom. The van der Waals surface area contributed by atoms with Crippen LogP contribution in [0, 0.1) is 6.92 Å². The Labute approximate surface area is 134 Å². The van der Waals surface area contributed by atoms with E-state index in [0.717, 1.165) is 38.3 Å². The lowest BCUT2D eigenvalue weighted by molar-refractivity contribution is 0.932. The Balaban J connectivity index is 2.48. The fraction of sp³-hybridized carbons (Fsp3) is 0.231. The molecule has 0 unspecified atom stereocenters. The molecule has 0 amide bonds. The lowest BCUT2D eigenvalue weighted by atomic mass is 10.2. The molecule has 0 spiro atoms. The first-order chi connectivity index (χ1) is 9.56. The summed E-state index contributed by atoms with van der Waals surface area (Å²) in [6.45, 7) is 3.92. The molecule has 0 aliphatic heterocycles. The van der Waals surface area contributed by atoms with Gasteiger partial charge in [0.05, 0.1) is 5.69 Å². The summed E-state index contributed by atoms with van der Waals surface area (Å²) in [6.07, 6.45) is 0.737. The largest absolute Gasteiger partial charge is 0.338 e.